The summed E-state index contributed by atoms with van der Waals surface area (Å²) < 4.78 is 137. The second-order valence-electron chi connectivity index (χ2n) is 4.74. The van der Waals surface area contributed by atoms with Crippen molar-refractivity contribution in [1.82, 2.24) is 4.31 Å². The molecule has 0 bridgehead atoms. The van der Waals surface area contributed by atoms with Gasteiger partial charge in [-0.1, -0.05) is 6.92 Å². The molecule has 0 aromatic rings. The Morgan fingerprint density at radius 3 is 1.41 bits per heavy atom. The van der Waals surface area contributed by atoms with Crippen LogP contribution in [0.4, 0.5) is 39.5 Å². The first-order chi connectivity index (χ1) is 11.9. The van der Waals surface area contributed by atoms with Gasteiger partial charge < -0.3 is 15.3 Å². The Morgan fingerprint density at radius 2 is 1.15 bits per heavy atom. The van der Waals surface area contributed by atoms with Gasteiger partial charge in [-0.05, 0) is 6.42 Å². The van der Waals surface area contributed by atoms with Gasteiger partial charge in [-0.15, -0.1) is 0 Å². The molecule has 0 aromatic heterocycles. The minimum absolute atomic E-state index is 0.125. The van der Waals surface area contributed by atoms with E-state index in [2.05, 4.69) is 0 Å². The molecule has 0 unspecified atom stereocenters. The number of alkyl halides is 9. The fourth-order valence-corrected chi connectivity index (χ4v) is 2.92. The van der Waals surface area contributed by atoms with Gasteiger partial charge in [0.15, 0.2) is 0 Å². The zero-order chi connectivity index (χ0) is 22.3. The van der Waals surface area contributed by atoms with E-state index < -0.39 is 57.3 Å². The van der Waals surface area contributed by atoms with E-state index in [1.807, 2.05) is 0 Å². The predicted molar refractivity (Wildman–Crippen MR) is 72.9 cm³/mol. The normalized spacial score (nSPS) is 14.1. The number of hydrogen-bond acceptors (Lipinski definition) is 5. The summed E-state index contributed by atoms with van der Waals surface area (Å²) in [7, 11) is -6.62. The summed E-state index contributed by atoms with van der Waals surface area (Å²) in [5.41, 5.74) is 0. The molecule has 3 N–H and O–H groups in total. The molecule has 6 nitrogen and oxygen atoms in total. The van der Waals surface area contributed by atoms with E-state index in [0.29, 0.717) is 0 Å². The molecule has 0 aliphatic rings. The van der Waals surface area contributed by atoms with Crippen LogP contribution in [0.2, 0.25) is 0 Å². The summed E-state index contributed by atoms with van der Waals surface area (Å²) in [5.74, 6) is -14.6. The van der Waals surface area contributed by atoms with Crippen molar-refractivity contribution in [1.29, 1.82) is 0 Å². The molecule has 0 spiro atoms. The summed E-state index contributed by atoms with van der Waals surface area (Å²) in [5, 5.41) is 17.0. The number of hydrogen-bond donors (Lipinski definition) is 3. The molecule has 0 aliphatic carbocycles. The quantitative estimate of drug-likeness (QED) is 0.465. The number of aliphatic hydroxyl groups is 3. The van der Waals surface area contributed by atoms with Crippen LogP contribution < -0.4 is 0 Å². The highest BCUT2D eigenvalue weighted by molar-refractivity contribution is 7.90. The standard InChI is InChI=1S/C9H12F9NO3S.C2H6O2/c1-2-3-19(4-5-20)23(21,22)9(17,18)7(12,13)6(10,11)8(14,15)16;3-1-2-4/h20H,2-5H2,1H3;3-4H,1-2H2. The third kappa shape index (κ3) is 5.82. The number of aliphatic hydroxyl groups excluding tert-OH is 3. The van der Waals surface area contributed by atoms with Gasteiger partial charge in [0.1, 0.15) is 0 Å². The van der Waals surface area contributed by atoms with Crippen LogP contribution in [0.5, 0.6) is 0 Å². The van der Waals surface area contributed by atoms with Crippen molar-refractivity contribution in [3.8, 4) is 0 Å². The van der Waals surface area contributed by atoms with E-state index in [9.17, 15) is 47.9 Å². The largest absolute Gasteiger partial charge is 0.460 e. The number of sulfonamides is 1. The third-order valence-electron chi connectivity index (χ3n) is 2.70. The van der Waals surface area contributed by atoms with Gasteiger partial charge in [0.05, 0.1) is 19.8 Å². The first-order valence-corrected chi connectivity index (χ1v) is 8.40. The summed E-state index contributed by atoms with van der Waals surface area (Å²) in [6.07, 6.45) is -7.36. The highest BCUT2D eigenvalue weighted by Gasteiger charge is 2.85. The van der Waals surface area contributed by atoms with Gasteiger partial charge in [0.25, 0.3) is 10.0 Å². The minimum atomic E-state index is -7.30. The molecule has 0 saturated carbocycles. The van der Waals surface area contributed by atoms with Crippen LogP contribution in [-0.2, 0) is 10.0 Å². The Kier molecular flexibility index (Phi) is 10.6. The summed E-state index contributed by atoms with van der Waals surface area (Å²) >= 11 is 0. The molecular formula is C11H18F9NO5S. The average Bonchev–Trinajstić information content (AvgIpc) is 2.53. The van der Waals surface area contributed by atoms with E-state index in [0.717, 1.165) is 0 Å². The van der Waals surface area contributed by atoms with Gasteiger partial charge in [-0.25, -0.2) is 8.42 Å². The number of halogens is 9. The Bertz CT molecular complexity index is 531. The number of nitrogens with zero attached hydrogens (tertiary/aromatic N) is 1. The van der Waals surface area contributed by atoms with Gasteiger partial charge in [0.2, 0.25) is 0 Å². The van der Waals surface area contributed by atoms with E-state index >= 15 is 0 Å². The zero-order valence-corrected chi connectivity index (χ0v) is 14.5. The van der Waals surface area contributed by atoms with Crippen molar-refractivity contribution in [3.63, 3.8) is 0 Å². The van der Waals surface area contributed by atoms with Crippen molar-refractivity contribution in [2.75, 3.05) is 32.9 Å². The van der Waals surface area contributed by atoms with Crippen LogP contribution in [0.15, 0.2) is 0 Å². The lowest BCUT2D eigenvalue weighted by atomic mass is 10.1. The van der Waals surface area contributed by atoms with Gasteiger partial charge in [-0.3, -0.25) is 0 Å². The molecule has 0 aliphatic heterocycles. The van der Waals surface area contributed by atoms with Crippen molar-refractivity contribution in [2.24, 2.45) is 0 Å². The molecule has 0 rings (SSSR count). The van der Waals surface area contributed by atoms with E-state index in [1.165, 1.54) is 6.92 Å². The van der Waals surface area contributed by atoms with Crippen molar-refractivity contribution in [2.45, 2.75) is 36.6 Å². The van der Waals surface area contributed by atoms with E-state index in [1.54, 1.807) is 0 Å². The maximum absolute atomic E-state index is 13.5. The molecule has 0 radical (unpaired) electrons. The summed E-state index contributed by atoms with van der Waals surface area (Å²) in [4.78, 5) is 0. The lowest BCUT2D eigenvalue weighted by molar-refractivity contribution is -0.382. The van der Waals surface area contributed by atoms with Crippen LogP contribution in [0, 0.1) is 0 Å². The smallest absolute Gasteiger partial charge is 0.395 e. The fourth-order valence-electron chi connectivity index (χ4n) is 1.40. The lowest BCUT2D eigenvalue weighted by Gasteiger charge is -2.35. The monoisotopic (exact) mass is 447 g/mol. The number of rotatable bonds is 9. The molecular weight excluding hydrogens is 429 g/mol. The molecule has 0 fully saturated rings. The minimum Gasteiger partial charge on any atom is -0.395 e. The zero-order valence-electron chi connectivity index (χ0n) is 13.7. The molecule has 0 aromatic carbocycles. The molecule has 166 valence electrons. The van der Waals surface area contributed by atoms with Gasteiger partial charge >= 0.3 is 23.3 Å². The Hall–Kier alpha value is -0.840. The molecule has 0 heterocycles. The van der Waals surface area contributed by atoms with E-state index in [4.69, 9.17) is 15.3 Å². The molecule has 0 atom stereocenters. The van der Waals surface area contributed by atoms with Crippen LogP contribution in [-0.4, -0.2) is 84.2 Å². The van der Waals surface area contributed by atoms with E-state index in [-0.39, 0.29) is 19.6 Å². The van der Waals surface area contributed by atoms with Crippen LogP contribution in [0.25, 0.3) is 0 Å². The molecule has 0 amide bonds. The fraction of sp³-hybridized carbons (Fsp3) is 1.00. The SMILES string of the molecule is CCCN(CCO)S(=O)(=O)C(F)(F)C(F)(F)C(F)(F)C(F)(F)F.OCCO. The second kappa shape index (κ2) is 10.1. The first kappa shape index (κ1) is 28.4. The van der Waals surface area contributed by atoms with Crippen molar-refractivity contribution >= 4 is 10.0 Å². The topological polar surface area (TPSA) is 98.1 Å². The third-order valence-corrected chi connectivity index (χ3v) is 4.65. The predicted octanol–water partition coefficient (Wildman–Crippen LogP) is 1.42. The average molecular weight is 447 g/mol. The van der Waals surface area contributed by atoms with Crippen molar-refractivity contribution < 1.29 is 63.3 Å². The lowest BCUT2D eigenvalue weighted by Crippen LogP contribution is -2.65. The maximum atomic E-state index is 13.5. The van der Waals surface area contributed by atoms with Crippen LogP contribution >= 0.6 is 0 Å². The van der Waals surface area contributed by atoms with Gasteiger partial charge in [-0.2, -0.15) is 43.8 Å². The van der Waals surface area contributed by atoms with Crippen LogP contribution in [0.1, 0.15) is 13.3 Å². The summed E-state index contributed by atoms with van der Waals surface area (Å²) in [6, 6.07) is 0. The molecule has 0 saturated heterocycles. The molecule has 27 heavy (non-hydrogen) atoms. The highest BCUT2D eigenvalue weighted by Crippen LogP contribution is 2.55. The second-order valence-corrected chi connectivity index (χ2v) is 6.72. The Balaban J connectivity index is 0. The maximum Gasteiger partial charge on any atom is 0.460 e. The summed E-state index contributed by atoms with van der Waals surface area (Å²) in [6.45, 7) is -2.28. The Morgan fingerprint density at radius 1 is 0.741 bits per heavy atom. The van der Waals surface area contributed by atoms with Gasteiger partial charge in [0, 0.05) is 13.1 Å². The Labute approximate surface area is 148 Å². The van der Waals surface area contributed by atoms with Crippen LogP contribution in [0.3, 0.4) is 0 Å². The molecule has 16 heteroatoms. The van der Waals surface area contributed by atoms with Crippen molar-refractivity contribution in [3.05, 3.63) is 0 Å². The first-order valence-electron chi connectivity index (χ1n) is 6.96. The highest BCUT2D eigenvalue weighted by atomic mass is 32.2.